The van der Waals surface area contributed by atoms with Crippen LogP contribution < -0.4 is 0 Å². The molecule has 4 nitrogen and oxygen atoms in total. The zero-order chi connectivity index (χ0) is 11.8. The Labute approximate surface area is 89.4 Å². The summed E-state index contributed by atoms with van der Waals surface area (Å²) in [4.78, 5) is 19.5. The van der Waals surface area contributed by atoms with Gasteiger partial charge in [-0.05, 0) is 40.2 Å². The Morgan fingerprint density at radius 3 is 1.87 bits per heavy atom. The van der Waals surface area contributed by atoms with E-state index in [1.165, 1.54) is 0 Å². The zero-order valence-electron chi connectivity index (χ0n) is 9.75. The van der Waals surface area contributed by atoms with Gasteiger partial charge in [-0.2, -0.15) is 0 Å². The van der Waals surface area contributed by atoms with Gasteiger partial charge in [0.15, 0.2) is 0 Å². The van der Waals surface area contributed by atoms with E-state index in [4.69, 9.17) is 5.11 Å². The molecule has 0 unspecified atom stereocenters. The van der Waals surface area contributed by atoms with E-state index in [0.29, 0.717) is 5.82 Å². The first kappa shape index (κ1) is 11.6. The van der Waals surface area contributed by atoms with Gasteiger partial charge >= 0.3 is 5.97 Å². The summed E-state index contributed by atoms with van der Waals surface area (Å²) in [6.45, 7) is 8.89. The summed E-state index contributed by atoms with van der Waals surface area (Å²) >= 11 is 0. The number of aliphatic carboxylic acids is 1. The number of nitrogens with zero attached hydrogens (tertiary/aromatic N) is 2. The monoisotopic (exact) mass is 208 g/mol. The average molecular weight is 208 g/mol. The molecule has 0 aliphatic carbocycles. The second-order valence-electron chi connectivity index (χ2n) is 4.27. The van der Waals surface area contributed by atoms with Crippen molar-refractivity contribution in [2.75, 3.05) is 0 Å². The van der Waals surface area contributed by atoms with Crippen LogP contribution in [0.25, 0.3) is 0 Å². The molecular formula is C11H16N2O2. The van der Waals surface area contributed by atoms with E-state index >= 15 is 0 Å². The highest BCUT2D eigenvalue weighted by atomic mass is 16.4. The first-order valence-electron chi connectivity index (χ1n) is 4.82. The van der Waals surface area contributed by atoms with Gasteiger partial charge < -0.3 is 5.11 Å². The lowest BCUT2D eigenvalue weighted by molar-refractivity contribution is -0.142. The highest BCUT2D eigenvalue weighted by molar-refractivity contribution is 5.78. The SMILES string of the molecule is Cc1nc(C(C)(C)C(=O)O)nc(C)c1C. The van der Waals surface area contributed by atoms with Gasteiger partial charge in [0.05, 0.1) is 0 Å². The van der Waals surface area contributed by atoms with Crippen molar-refractivity contribution in [3.05, 3.63) is 22.8 Å². The van der Waals surface area contributed by atoms with Crippen LogP contribution in [0.2, 0.25) is 0 Å². The summed E-state index contributed by atoms with van der Waals surface area (Å²) < 4.78 is 0. The van der Waals surface area contributed by atoms with E-state index in [0.717, 1.165) is 17.0 Å². The molecule has 1 N–H and O–H groups in total. The van der Waals surface area contributed by atoms with Gasteiger partial charge in [0, 0.05) is 11.4 Å². The number of hydrogen-bond acceptors (Lipinski definition) is 3. The van der Waals surface area contributed by atoms with Gasteiger partial charge in [0.25, 0.3) is 0 Å². The van der Waals surface area contributed by atoms with E-state index in [-0.39, 0.29) is 0 Å². The van der Waals surface area contributed by atoms with Crippen LogP contribution in [0.5, 0.6) is 0 Å². The fraction of sp³-hybridized carbons (Fsp3) is 0.545. The minimum absolute atomic E-state index is 0.371. The van der Waals surface area contributed by atoms with Gasteiger partial charge in [0.2, 0.25) is 0 Å². The van der Waals surface area contributed by atoms with Crippen molar-refractivity contribution in [2.45, 2.75) is 40.0 Å². The van der Waals surface area contributed by atoms with Crippen LogP contribution >= 0.6 is 0 Å². The normalized spacial score (nSPS) is 11.5. The number of carboxylic acid groups (broad SMARTS) is 1. The lowest BCUT2D eigenvalue weighted by atomic mass is 9.92. The molecule has 1 heterocycles. The minimum Gasteiger partial charge on any atom is -0.481 e. The molecular weight excluding hydrogens is 192 g/mol. The van der Waals surface area contributed by atoms with Crippen molar-refractivity contribution in [2.24, 2.45) is 0 Å². The van der Waals surface area contributed by atoms with Crippen molar-refractivity contribution in [1.82, 2.24) is 9.97 Å². The predicted molar refractivity (Wildman–Crippen MR) is 56.9 cm³/mol. The largest absolute Gasteiger partial charge is 0.481 e. The molecule has 1 aromatic rings. The Kier molecular flexibility index (Phi) is 2.79. The topological polar surface area (TPSA) is 63.1 Å². The summed E-state index contributed by atoms with van der Waals surface area (Å²) in [5.74, 6) is -0.541. The summed E-state index contributed by atoms with van der Waals surface area (Å²) in [5, 5.41) is 9.07. The summed E-state index contributed by atoms with van der Waals surface area (Å²) in [7, 11) is 0. The summed E-state index contributed by atoms with van der Waals surface area (Å²) in [6.07, 6.45) is 0. The Hall–Kier alpha value is -1.45. The van der Waals surface area contributed by atoms with Gasteiger partial charge in [0.1, 0.15) is 11.2 Å². The molecule has 0 radical (unpaired) electrons. The maximum absolute atomic E-state index is 11.0. The lowest BCUT2D eigenvalue weighted by Gasteiger charge is -2.19. The minimum atomic E-state index is -1.04. The maximum Gasteiger partial charge on any atom is 0.316 e. The first-order valence-corrected chi connectivity index (χ1v) is 4.82. The highest BCUT2D eigenvalue weighted by Crippen LogP contribution is 2.21. The third-order valence-corrected chi connectivity index (χ3v) is 2.73. The number of hydrogen-bond donors (Lipinski definition) is 1. The van der Waals surface area contributed by atoms with Crippen molar-refractivity contribution >= 4 is 5.97 Å². The fourth-order valence-electron chi connectivity index (χ4n) is 1.15. The Balaban J connectivity index is 3.34. The Bertz CT molecular complexity index is 388. The molecule has 0 spiro atoms. The quantitative estimate of drug-likeness (QED) is 0.804. The van der Waals surface area contributed by atoms with Crippen molar-refractivity contribution < 1.29 is 9.90 Å². The molecule has 0 saturated heterocycles. The van der Waals surface area contributed by atoms with Crippen molar-refractivity contribution in [3.63, 3.8) is 0 Å². The standard InChI is InChI=1S/C11H16N2O2/c1-6-7(2)12-9(13-8(6)3)11(4,5)10(14)15/h1-5H3,(H,14,15). The molecule has 4 heteroatoms. The fourth-order valence-corrected chi connectivity index (χ4v) is 1.15. The van der Waals surface area contributed by atoms with Crippen molar-refractivity contribution in [1.29, 1.82) is 0 Å². The average Bonchev–Trinajstić information content (AvgIpc) is 2.13. The molecule has 0 fully saturated rings. The number of aryl methyl sites for hydroxylation is 2. The van der Waals surface area contributed by atoms with Crippen LogP contribution in [0.4, 0.5) is 0 Å². The van der Waals surface area contributed by atoms with Gasteiger partial charge in [-0.3, -0.25) is 4.79 Å². The number of aromatic nitrogens is 2. The molecule has 0 amide bonds. The molecule has 0 bridgehead atoms. The van der Waals surface area contributed by atoms with Crippen LogP contribution in [0.1, 0.15) is 36.6 Å². The first-order chi connectivity index (χ1) is 6.76. The van der Waals surface area contributed by atoms with Crippen LogP contribution in [-0.4, -0.2) is 21.0 Å². The van der Waals surface area contributed by atoms with E-state index in [9.17, 15) is 4.79 Å². The summed E-state index contributed by atoms with van der Waals surface area (Å²) in [6, 6.07) is 0. The second-order valence-corrected chi connectivity index (χ2v) is 4.27. The molecule has 0 atom stereocenters. The van der Waals surface area contributed by atoms with Crippen LogP contribution in [0.3, 0.4) is 0 Å². The third kappa shape index (κ3) is 1.98. The molecule has 1 rings (SSSR count). The zero-order valence-corrected chi connectivity index (χ0v) is 9.75. The van der Waals surface area contributed by atoms with Gasteiger partial charge in [-0.25, -0.2) is 9.97 Å². The number of carboxylic acids is 1. The molecule has 0 aromatic carbocycles. The molecule has 0 aliphatic heterocycles. The Morgan fingerprint density at radius 1 is 1.13 bits per heavy atom. The lowest BCUT2D eigenvalue weighted by Crippen LogP contribution is -2.31. The molecule has 0 aliphatic rings. The van der Waals surface area contributed by atoms with Crippen molar-refractivity contribution in [3.8, 4) is 0 Å². The molecule has 1 aromatic heterocycles. The van der Waals surface area contributed by atoms with Gasteiger partial charge in [-0.15, -0.1) is 0 Å². The third-order valence-electron chi connectivity index (χ3n) is 2.73. The summed E-state index contributed by atoms with van der Waals surface area (Å²) in [5.41, 5.74) is 1.65. The van der Waals surface area contributed by atoms with Gasteiger partial charge in [-0.1, -0.05) is 0 Å². The van der Waals surface area contributed by atoms with Crippen LogP contribution in [0.15, 0.2) is 0 Å². The predicted octanol–water partition coefficient (Wildman–Crippen LogP) is 1.76. The van der Waals surface area contributed by atoms with E-state index in [1.54, 1.807) is 13.8 Å². The smallest absolute Gasteiger partial charge is 0.316 e. The number of carbonyl (C=O) groups is 1. The van der Waals surface area contributed by atoms with Crippen LogP contribution in [-0.2, 0) is 10.2 Å². The molecule has 0 saturated carbocycles. The van der Waals surface area contributed by atoms with E-state index < -0.39 is 11.4 Å². The van der Waals surface area contributed by atoms with E-state index in [1.807, 2.05) is 20.8 Å². The highest BCUT2D eigenvalue weighted by Gasteiger charge is 2.33. The van der Waals surface area contributed by atoms with Crippen LogP contribution in [0, 0.1) is 20.8 Å². The molecule has 15 heavy (non-hydrogen) atoms. The maximum atomic E-state index is 11.0. The second kappa shape index (κ2) is 3.61. The number of rotatable bonds is 2. The van der Waals surface area contributed by atoms with E-state index in [2.05, 4.69) is 9.97 Å². The molecule has 82 valence electrons. The Morgan fingerprint density at radius 2 is 1.53 bits per heavy atom.